The minimum atomic E-state index is -1.43. The summed E-state index contributed by atoms with van der Waals surface area (Å²) in [6, 6.07) is 3.30. The highest BCUT2D eigenvalue weighted by molar-refractivity contribution is 6.13. The van der Waals surface area contributed by atoms with Crippen LogP contribution in [-0.2, 0) is 19.9 Å². The molecule has 1 aromatic carbocycles. The third-order valence-electron chi connectivity index (χ3n) is 6.15. The number of nitrogens with one attached hydrogen (secondary N) is 1. The Morgan fingerprint density at radius 2 is 2.07 bits per heavy atom. The lowest BCUT2D eigenvalue weighted by Crippen LogP contribution is -3.00. The highest BCUT2D eigenvalue weighted by Crippen LogP contribution is 2.49. The number of nitrogens with two attached hydrogens (primary N) is 1. The van der Waals surface area contributed by atoms with Crippen molar-refractivity contribution in [3.63, 3.8) is 0 Å². The number of fused-ring (bicyclic) bond motifs is 4. The molecule has 27 heavy (non-hydrogen) atoms. The highest BCUT2D eigenvalue weighted by Gasteiger charge is 2.74. The van der Waals surface area contributed by atoms with E-state index < -0.39 is 47.2 Å². The molecule has 5 atom stereocenters. The van der Waals surface area contributed by atoms with Crippen LogP contribution >= 0.6 is 0 Å². The molecule has 1 spiro atoms. The number of anilines is 1. The van der Waals surface area contributed by atoms with Gasteiger partial charge in [-0.1, -0.05) is 13.3 Å². The lowest BCUT2D eigenvalue weighted by atomic mass is 9.76. The molecule has 2 fully saturated rings. The molecule has 7 nitrogen and oxygen atoms in total. The second kappa shape index (κ2) is 6.10. The average molecular weight is 376 g/mol. The SMILES string of the molecule is CCCCN1C(=O)[C@@H]2[C@H]([C@@H](C)O)[NH2+][C@@]3(C(=O)Nc4ccc(F)cc43)[C@@H]2C1=O. The summed E-state index contributed by atoms with van der Waals surface area (Å²) in [5.74, 6) is -3.49. The van der Waals surface area contributed by atoms with Crippen LogP contribution in [0.1, 0.15) is 32.3 Å². The van der Waals surface area contributed by atoms with E-state index in [1.165, 1.54) is 23.1 Å². The first-order chi connectivity index (χ1) is 12.8. The van der Waals surface area contributed by atoms with E-state index >= 15 is 0 Å². The number of aliphatic hydroxyl groups excluding tert-OH is 1. The van der Waals surface area contributed by atoms with Crippen molar-refractivity contribution in [2.45, 2.75) is 44.4 Å². The maximum absolute atomic E-state index is 14.0. The molecule has 0 bridgehead atoms. The van der Waals surface area contributed by atoms with E-state index in [2.05, 4.69) is 5.32 Å². The quantitative estimate of drug-likeness (QED) is 0.628. The predicted octanol–water partition coefficient (Wildman–Crippen LogP) is -0.299. The number of carbonyl (C=O) groups excluding carboxylic acids is 3. The maximum atomic E-state index is 14.0. The maximum Gasteiger partial charge on any atom is 0.291 e. The van der Waals surface area contributed by atoms with Crippen LogP contribution in [-0.4, -0.2) is 46.4 Å². The molecule has 8 heteroatoms. The highest BCUT2D eigenvalue weighted by atomic mass is 19.1. The first-order valence-electron chi connectivity index (χ1n) is 9.33. The van der Waals surface area contributed by atoms with Crippen LogP contribution in [0.3, 0.4) is 0 Å². The molecule has 4 rings (SSSR count). The number of imide groups is 1. The Kier molecular flexibility index (Phi) is 4.08. The van der Waals surface area contributed by atoms with Crippen LogP contribution in [0.25, 0.3) is 0 Å². The van der Waals surface area contributed by atoms with Gasteiger partial charge >= 0.3 is 0 Å². The summed E-state index contributed by atoms with van der Waals surface area (Å²) in [6.45, 7) is 3.80. The Labute approximate surface area is 155 Å². The molecule has 0 unspecified atom stereocenters. The smallest absolute Gasteiger partial charge is 0.291 e. The fraction of sp³-hybridized carbons (Fsp3) is 0.526. The van der Waals surface area contributed by atoms with Gasteiger partial charge in [-0.2, -0.15) is 0 Å². The molecular weight excluding hydrogens is 353 g/mol. The van der Waals surface area contributed by atoms with Crippen molar-refractivity contribution in [2.24, 2.45) is 11.8 Å². The Morgan fingerprint density at radius 1 is 1.33 bits per heavy atom. The number of unbranched alkanes of at least 4 members (excludes halogenated alkanes) is 1. The monoisotopic (exact) mass is 376 g/mol. The minimum absolute atomic E-state index is 0.293. The van der Waals surface area contributed by atoms with E-state index in [0.29, 0.717) is 24.2 Å². The number of nitrogens with zero attached hydrogens (tertiary/aromatic N) is 1. The summed E-state index contributed by atoms with van der Waals surface area (Å²) in [4.78, 5) is 40.5. The summed E-state index contributed by atoms with van der Waals surface area (Å²) in [7, 11) is 0. The standard InChI is InChI=1S/C19H22FN3O4/c1-3-4-7-23-16(25)13-14(17(23)26)19(22-15(13)9(2)24)11-8-10(20)5-6-12(11)21-18(19)27/h5-6,8-9,13-15,22,24H,3-4,7H2,1-2H3,(H,21,27)/p+1/t9-,13+,14+,15+,19-/m1/s1. The van der Waals surface area contributed by atoms with Gasteiger partial charge in [0.05, 0.1) is 5.69 Å². The fourth-order valence-electron chi connectivity index (χ4n) is 4.89. The van der Waals surface area contributed by atoms with Gasteiger partial charge in [-0.05, 0) is 31.5 Å². The van der Waals surface area contributed by atoms with E-state index in [1.54, 1.807) is 12.2 Å². The van der Waals surface area contributed by atoms with Crippen molar-refractivity contribution in [3.05, 3.63) is 29.6 Å². The Hall–Kier alpha value is -2.32. The zero-order valence-corrected chi connectivity index (χ0v) is 15.2. The largest absolute Gasteiger partial charge is 0.387 e. The zero-order valence-electron chi connectivity index (χ0n) is 15.2. The second-order valence-corrected chi connectivity index (χ2v) is 7.68. The normalized spacial score (nSPS) is 32.8. The summed E-state index contributed by atoms with van der Waals surface area (Å²) in [5.41, 5.74) is -0.628. The molecule has 1 aromatic rings. The summed E-state index contributed by atoms with van der Waals surface area (Å²) < 4.78 is 14.0. The number of hydrogen-bond acceptors (Lipinski definition) is 4. The summed E-state index contributed by atoms with van der Waals surface area (Å²) in [5, 5.41) is 14.6. The minimum Gasteiger partial charge on any atom is -0.387 e. The van der Waals surface area contributed by atoms with Crippen molar-refractivity contribution in [1.82, 2.24) is 4.90 Å². The Morgan fingerprint density at radius 3 is 2.74 bits per heavy atom. The van der Waals surface area contributed by atoms with E-state index in [0.717, 1.165) is 6.42 Å². The van der Waals surface area contributed by atoms with Crippen LogP contribution in [0.2, 0.25) is 0 Å². The van der Waals surface area contributed by atoms with Crippen molar-refractivity contribution in [3.8, 4) is 0 Å². The molecule has 4 N–H and O–H groups in total. The Bertz CT molecular complexity index is 842. The number of amides is 3. The predicted molar refractivity (Wildman–Crippen MR) is 92.7 cm³/mol. The number of quaternary nitrogens is 1. The van der Waals surface area contributed by atoms with Gasteiger partial charge in [0, 0.05) is 12.1 Å². The van der Waals surface area contributed by atoms with Gasteiger partial charge in [0.15, 0.2) is 0 Å². The molecule has 0 radical (unpaired) electrons. The zero-order chi connectivity index (χ0) is 19.5. The number of aliphatic hydroxyl groups is 1. The van der Waals surface area contributed by atoms with Crippen LogP contribution in [0.4, 0.5) is 10.1 Å². The molecule has 0 aliphatic carbocycles. The number of rotatable bonds is 4. The molecular formula is C19H23FN3O4+. The fourth-order valence-corrected chi connectivity index (χ4v) is 4.89. The number of halogens is 1. The van der Waals surface area contributed by atoms with Gasteiger partial charge in [-0.15, -0.1) is 0 Å². The number of hydrogen-bond donors (Lipinski definition) is 3. The molecule has 144 valence electrons. The second-order valence-electron chi connectivity index (χ2n) is 7.68. The van der Waals surface area contributed by atoms with Gasteiger partial charge in [0.2, 0.25) is 17.4 Å². The van der Waals surface area contributed by atoms with Gasteiger partial charge in [-0.3, -0.25) is 19.3 Å². The van der Waals surface area contributed by atoms with Gasteiger partial charge in [-0.25, -0.2) is 4.39 Å². The topological polar surface area (TPSA) is 103 Å². The molecule has 0 saturated carbocycles. The van der Waals surface area contributed by atoms with Gasteiger partial charge in [0.1, 0.15) is 29.8 Å². The van der Waals surface area contributed by atoms with Crippen LogP contribution in [0.15, 0.2) is 18.2 Å². The molecule has 0 aromatic heterocycles. The third kappa shape index (κ3) is 2.29. The van der Waals surface area contributed by atoms with Gasteiger partial charge < -0.3 is 15.7 Å². The summed E-state index contributed by atoms with van der Waals surface area (Å²) in [6.07, 6.45) is 0.577. The molecule has 3 aliphatic rings. The van der Waals surface area contributed by atoms with Crippen LogP contribution in [0.5, 0.6) is 0 Å². The van der Waals surface area contributed by atoms with E-state index in [4.69, 9.17) is 0 Å². The van der Waals surface area contributed by atoms with Crippen molar-refractivity contribution >= 4 is 23.4 Å². The van der Waals surface area contributed by atoms with Crippen molar-refractivity contribution in [1.29, 1.82) is 0 Å². The number of likely N-dealkylation sites (tertiary alicyclic amines) is 1. The van der Waals surface area contributed by atoms with Crippen molar-refractivity contribution < 1.29 is 29.2 Å². The van der Waals surface area contributed by atoms with E-state index in [-0.39, 0.29) is 5.91 Å². The molecule has 3 aliphatic heterocycles. The lowest BCUT2D eigenvalue weighted by molar-refractivity contribution is -0.738. The number of carbonyl (C=O) groups is 3. The van der Waals surface area contributed by atoms with E-state index in [9.17, 15) is 23.9 Å². The third-order valence-corrected chi connectivity index (χ3v) is 6.15. The first-order valence-corrected chi connectivity index (χ1v) is 9.33. The Balaban J connectivity index is 1.86. The van der Waals surface area contributed by atoms with Gasteiger partial charge in [0.25, 0.3) is 5.91 Å². The van der Waals surface area contributed by atoms with Crippen LogP contribution < -0.4 is 10.6 Å². The van der Waals surface area contributed by atoms with Crippen molar-refractivity contribution in [2.75, 3.05) is 11.9 Å². The van der Waals surface area contributed by atoms with Crippen LogP contribution in [0, 0.1) is 17.7 Å². The lowest BCUT2D eigenvalue weighted by Gasteiger charge is -2.27. The van der Waals surface area contributed by atoms with E-state index in [1.807, 2.05) is 6.92 Å². The number of benzene rings is 1. The molecule has 2 saturated heterocycles. The molecule has 3 heterocycles. The molecule has 3 amide bonds. The summed E-state index contributed by atoms with van der Waals surface area (Å²) >= 11 is 0. The average Bonchev–Trinajstić information content (AvgIpc) is 3.20. The first kappa shape index (κ1) is 18.1.